The predicted molar refractivity (Wildman–Crippen MR) is 86.2 cm³/mol. The van der Waals surface area contributed by atoms with Gasteiger partial charge in [-0.2, -0.15) is 0 Å². The summed E-state index contributed by atoms with van der Waals surface area (Å²) in [7, 11) is 2.93. The number of benzene rings is 2. The van der Waals surface area contributed by atoms with Crippen molar-refractivity contribution in [1.29, 1.82) is 0 Å². The van der Waals surface area contributed by atoms with Gasteiger partial charge in [0.2, 0.25) is 5.78 Å². The second-order valence-corrected chi connectivity index (χ2v) is 4.91. The monoisotopic (exact) mass is 330 g/mol. The molecule has 0 saturated carbocycles. The highest BCUT2D eigenvalue weighted by Gasteiger charge is 2.21. The van der Waals surface area contributed by atoms with E-state index in [9.17, 15) is 14.7 Å². The number of esters is 1. The van der Waals surface area contributed by atoms with Crippen LogP contribution < -0.4 is 9.47 Å². The first-order valence-electron chi connectivity index (χ1n) is 7.21. The van der Waals surface area contributed by atoms with Crippen molar-refractivity contribution in [2.45, 2.75) is 6.10 Å². The number of hydrogen-bond acceptors (Lipinski definition) is 6. The van der Waals surface area contributed by atoms with Gasteiger partial charge in [0.1, 0.15) is 11.5 Å². The zero-order valence-electron chi connectivity index (χ0n) is 13.4. The van der Waals surface area contributed by atoms with Crippen molar-refractivity contribution in [1.82, 2.24) is 0 Å². The lowest BCUT2D eigenvalue weighted by atomic mass is 10.1. The fourth-order valence-corrected chi connectivity index (χ4v) is 2.09. The van der Waals surface area contributed by atoms with E-state index in [1.54, 1.807) is 42.5 Å². The molecular formula is C18H18O6. The summed E-state index contributed by atoms with van der Waals surface area (Å²) in [5.41, 5.74) is 0.664. The number of aliphatic hydroxyl groups is 1. The Hall–Kier alpha value is -2.86. The molecule has 6 heteroatoms. The highest BCUT2D eigenvalue weighted by atomic mass is 16.5. The Labute approximate surface area is 139 Å². The molecule has 0 fully saturated rings. The van der Waals surface area contributed by atoms with Crippen molar-refractivity contribution >= 4 is 11.8 Å². The molecule has 0 spiro atoms. The lowest BCUT2D eigenvalue weighted by Gasteiger charge is -2.12. The Balaban J connectivity index is 2.01. The zero-order valence-corrected chi connectivity index (χ0v) is 13.4. The maximum absolute atomic E-state index is 12.2. The number of carbonyl (C=O) groups excluding carboxylic acids is 2. The molecule has 0 aromatic heterocycles. The molecule has 0 aliphatic carbocycles. The number of aliphatic hydroxyl groups excluding tert-OH is 1. The zero-order chi connectivity index (χ0) is 17.5. The molecule has 0 amide bonds. The van der Waals surface area contributed by atoms with E-state index in [-0.39, 0.29) is 5.56 Å². The molecular weight excluding hydrogens is 312 g/mol. The molecule has 0 saturated heterocycles. The Morgan fingerprint density at radius 2 is 1.75 bits per heavy atom. The Bertz CT molecular complexity index is 711. The van der Waals surface area contributed by atoms with Gasteiger partial charge < -0.3 is 19.3 Å². The minimum Gasteiger partial charge on any atom is -0.497 e. The molecule has 126 valence electrons. The van der Waals surface area contributed by atoms with Crippen molar-refractivity contribution in [2.75, 3.05) is 20.8 Å². The second kappa shape index (κ2) is 8.12. The highest BCUT2D eigenvalue weighted by molar-refractivity contribution is 6.00. The summed E-state index contributed by atoms with van der Waals surface area (Å²) in [4.78, 5) is 24.1. The van der Waals surface area contributed by atoms with Crippen LogP contribution in [0.5, 0.6) is 11.5 Å². The van der Waals surface area contributed by atoms with Crippen molar-refractivity contribution in [3.05, 3.63) is 59.7 Å². The molecule has 0 aliphatic heterocycles. The fraction of sp³-hybridized carbons (Fsp3) is 0.222. The van der Waals surface area contributed by atoms with Gasteiger partial charge in [-0.25, -0.2) is 4.79 Å². The first kappa shape index (κ1) is 17.5. The van der Waals surface area contributed by atoms with E-state index in [1.165, 1.54) is 20.3 Å². The topological polar surface area (TPSA) is 82.1 Å². The standard InChI is InChI=1S/C18H18O6/c1-22-13-8-9-14(16(10-13)23-2)15(19)11-24-18(21)17(20)12-6-4-3-5-7-12/h3-10,17,20H,11H2,1-2H3/t17-/m0/s1. The smallest absolute Gasteiger partial charge is 0.340 e. The lowest BCUT2D eigenvalue weighted by Crippen LogP contribution is -2.20. The molecule has 0 radical (unpaired) electrons. The van der Waals surface area contributed by atoms with Crippen molar-refractivity contribution < 1.29 is 28.9 Å². The predicted octanol–water partition coefficient (Wildman–Crippen LogP) is 2.16. The molecule has 0 bridgehead atoms. The molecule has 1 N–H and O–H groups in total. The molecule has 2 aromatic carbocycles. The quantitative estimate of drug-likeness (QED) is 0.619. The van der Waals surface area contributed by atoms with Crippen LogP contribution in [0.15, 0.2) is 48.5 Å². The molecule has 2 aromatic rings. The fourth-order valence-electron chi connectivity index (χ4n) is 2.09. The van der Waals surface area contributed by atoms with Crippen molar-refractivity contribution in [2.24, 2.45) is 0 Å². The first-order valence-corrected chi connectivity index (χ1v) is 7.21. The van der Waals surface area contributed by atoms with E-state index >= 15 is 0 Å². The number of ether oxygens (including phenoxy) is 3. The van der Waals surface area contributed by atoms with E-state index in [4.69, 9.17) is 14.2 Å². The Kier molecular flexibility index (Phi) is 5.92. The maximum Gasteiger partial charge on any atom is 0.340 e. The number of ketones is 1. The van der Waals surface area contributed by atoms with Gasteiger partial charge in [0, 0.05) is 6.07 Å². The summed E-state index contributed by atoms with van der Waals surface area (Å²) >= 11 is 0. The van der Waals surface area contributed by atoms with Gasteiger partial charge in [0.25, 0.3) is 0 Å². The van der Waals surface area contributed by atoms with Gasteiger partial charge in [0.15, 0.2) is 12.7 Å². The van der Waals surface area contributed by atoms with Gasteiger partial charge in [-0.3, -0.25) is 4.79 Å². The summed E-state index contributed by atoms with van der Waals surface area (Å²) < 4.78 is 15.1. The summed E-state index contributed by atoms with van der Waals surface area (Å²) in [5.74, 6) is -0.468. The molecule has 6 nitrogen and oxygen atoms in total. The summed E-state index contributed by atoms with van der Waals surface area (Å²) in [5, 5.41) is 9.91. The van der Waals surface area contributed by atoms with Gasteiger partial charge >= 0.3 is 5.97 Å². The van der Waals surface area contributed by atoms with E-state index in [0.29, 0.717) is 17.1 Å². The Morgan fingerprint density at radius 3 is 2.38 bits per heavy atom. The van der Waals surface area contributed by atoms with E-state index < -0.39 is 24.5 Å². The number of hydrogen-bond donors (Lipinski definition) is 1. The van der Waals surface area contributed by atoms with Gasteiger partial charge in [-0.05, 0) is 17.7 Å². The van der Waals surface area contributed by atoms with Crippen LogP contribution in [0.1, 0.15) is 22.0 Å². The normalized spacial score (nSPS) is 11.5. The number of rotatable bonds is 7. The van der Waals surface area contributed by atoms with E-state index in [1.807, 2.05) is 0 Å². The van der Waals surface area contributed by atoms with Crippen molar-refractivity contribution in [3.63, 3.8) is 0 Å². The maximum atomic E-state index is 12.2. The van der Waals surface area contributed by atoms with Crippen LogP contribution in [0, 0.1) is 0 Å². The third kappa shape index (κ3) is 4.11. The average molecular weight is 330 g/mol. The summed E-state index contributed by atoms with van der Waals surface area (Å²) in [6.45, 7) is -0.495. The highest BCUT2D eigenvalue weighted by Crippen LogP contribution is 2.25. The van der Waals surface area contributed by atoms with E-state index in [2.05, 4.69) is 0 Å². The largest absolute Gasteiger partial charge is 0.497 e. The SMILES string of the molecule is COc1ccc(C(=O)COC(=O)[C@@H](O)c2ccccc2)c(OC)c1. The molecule has 24 heavy (non-hydrogen) atoms. The average Bonchev–Trinajstić information content (AvgIpc) is 2.65. The molecule has 0 aliphatic rings. The summed E-state index contributed by atoms with van der Waals surface area (Å²) in [6.07, 6.45) is -1.43. The summed E-state index contributed by atoms with van der Waals surface area (Å²) in [6, 6.07) is 13.0. The molecule has 2 rings (SSSR count). The second-order valence-electron chi connectivity index (χ2n) is 4.91. The Morgan fingerprint density at radius 1 is 1.04 bits per heavy atom. The van der Waals surface area contributed by atoms with Crippen LogP contribution in [0.25, 0.3) is 0 Å². The minimum absolute atomic E-state index is 0.264. The van der Waals surface area contributed by atoms with Crippen LogP contribution in [0.2, 0.25) is 0 Å². The molecule has 0 unspecified atom stereocenters. The van der Waals surface area contributed by atoms with Gasteiger partial charge in [-0.15, -0.1) is 0 Å². The third-order valence-electron chi connectivity index (χ3n) is 3.39. The molecule has 1 atom stereocenters. The van der Waals surface area contributed by atoms with Gasteiger partial charge in [0.05, 0.1) is 19.8 Å². The van der Waals surface area contributed by atoms with Crippen LogP contribution in [-0.2, 0) is 9.53 Å². The van der Waals surface area contributed by atoms with Crippen LogP contribution in [0.4, 0.5) is 0 Å². The number of Topliss-reactive ketones (excluding diaryl/α,β-unsaturated/α-hetero) is 1. The van der Waals surface area contributed by atoms with Crippen LogP contribution in [-0.4, -0.2) is 37.7 Å². The van der Waals surface area contributed by atoms with E-state index in [0.717, 1.165) is 0 Å². The number of methoxy groups -OCH3 is 2. The van der Waals surface area contributed by atoms with Crippen molar-refractivity contribution in [3.8, 4) is 11.5 Å². The lowest BCUT2D eigenvalue weighted by molar-refractivity contribution is -0.152. The molecule has 0 heterocycles. The van der Waals surface area contributed by atoms with Crippen LogP contribution >= 0.6 is 0 Å². The van der Waals surface area contributed by atoms with Gasteiger partial charge in [-0.1, -0.05) is 30.3 Å². The first-order chi connectivity index (χ1) is 11.6. The minimum atomic E-state index is -1.43. The van der Waals surface area contributed by atoms with Crippen LogP contribution in [0.3, 0.4) is 0 Å². The third-order valence-corrected chi connectivity index (χ3v) is 3.39. The number of carbonyl (C=O) groups is 2.